The van der Waals surface area contributed by atoms with Gasteiger partial charge in [-0.15, -0.1) is 0 Å². The zero-order valence-corrected chi connectivity index (χ0v) is 16.1. The summed E-state index contributed by atoms with van der Waals surface area (Å²) in [4.78, 5) is 34.5. The Hall–Kier alpha value is -3.13. The molecule has 0 saturated heterocycles. The fourth-order valence-electron chi connectivity index (χ4n) is 2.57. The van der Waals surface area contributed by atoms with Crippen molar-refractivity contribution in [3.8, 4) is 0 Å². The highest BCUT2D eigenvalue weighted by molar-refractivity contribution is 6.33. The van der Waals surface area contributed by atoms with E-state index < -0.39 is 22.8 Å². The zero-order valence-electron chi connectivity index (χ0n) is 15.3. The molecule has 0 fully saturated rings. The molecule has 2 aromatic carbocycles. The number of nitro groups is 1. The lowest BCUT2D eigenvalue weighted by atomic mass is 10.0. The van der Waals surface area contributed by atoms with Gasteiger partial charge in [0.05, 0.1) is 15.6 Å². The number of halogens is 1. The van der Waals surface area contributed by atoms with Crippen molar-refractivity contribution in [1.82, 2.24) is 5.32 Å². The van der Waals surface area contributed by atoms with Gasteiger partial charge in [-0.05, 0) is 36.6 Å². The van der Waals surface area contributed by atoms with E-state index in [1.165, 1.54) is 12.1 Å². The number of carboxylic acid groups (broad SMARTS) is 1. The van der Waals surface area contributed by atoms with Crippen LogP contribution in [0, 0.1) is 16.0 Å². The van der Waals surface area contributed by atoms with E-state index >= 15 is 0 Å². The first-order chi connectivity index (χ1) is 13.2. The van der Waals surface area contributed by atoms with Crippen molar-refractivity contribution in [2.45, 2.75) is 26.3 Å². The van der Waals surface area contributed by atoms with Gasteiger partial charge in [0.1, 0.15) is 11.7 Å². The molecule has 9 heteroatoms. The maximum absolute atomic E-state index is 12.4. The first kappa shape index (κ1) is 21.2. The van der Waals surface area contributed by atoms with Gasteiger partial charge in [-0.2, -0.15) is 0 Å². The standard InChI is InChI=1S/C19H20ClN3O5/c1-11(2)9-16(19(25)26)22-18(24)12-7-8-15(17(10-12)23(27)28)21-14-6-4-3-5-13(14)20/h3-8,10-11,16,21H,9H2,1-2H3,(H,22,24)(H,25,26)/t16-/m0/s1. The fraction of sp³-hybridized carbons (Fsp3) is 0.263. The number of hydrogen-bond donors (Lipinski definition) is 3. The molecule has 28 heavy (non-hydrogen) atoms. The molecule has 1 amide bonds. The molecular formula is C19H20ClN3O5. The van der Waals surface area contributed by atoms with Gasteiger partial charge < -0.3 is 15.7 Å². The molecule has 0 aromatic heterocycles. The molecule has 0 bridgehead atoms. The molecule has 0 heterocycles. The molecule has 2 rings (SSSR count). The number of carboxylic acids is 1. The summed E-state index contributed by atoms with van der Waals surface area (Å²) in [6.07, 6.45) is 0.245. The van der Waals surface area contributed by atoms with Gasteiger partial charge in [0.2, 0.25) is 0 Å². The van der Waals surface area contributed by atoms with Gasteiger partial charge in [-0.1, -0.05) is 37.6 Å². The van der Waals surface area contributed by atoms with Crippen molar-refractivity contribution in [2.24, 2.45) is 5.92 Å². The van der Waals surface area contributed by atoms with Crippen molar-refractivity contribution in [3.63, 3.8) is 0 Å². The van der Waals surface area contributed by atoms with E-state index in [2.05, 4.69) is 10.6 Å². The summed E-state index contributed by atoms with van der Waals surface area (Å²) < 4.78 is 0. The second-order valence-electron chi connectivity index (χ2n) is 6.59. The number of para-hydroxylation sites is 1. The second kappa shape index (κ2) is 9.18. The van der Waals surface area contributed by atoms with Crippen molar-refractivity contribution in [2.75, 3.05) is 5.32 Å². The summed E-state index contributed by atoms with van der Waals surface area (Å²) in [5, 5.41) is 26.4. The predicted octanol–water partition coefficient (Wildman–Crippen LogP) is 4.22. The Balaban J connectivity index is 2.28. The molecule has 3 N–H and O–H groups in total. The van der Waals surface area contributed by atoms with Gasteiger partial charge in [0.15, 0.2) is 0 Å². The van der Waals surface area contributed by atoms with Crippen molar-refractivity contribution >= 4 is 40.5 Å². The third kappa shape index (κ3) is 5.43. The Morgan fingerprint density at radius 2 is 1.86 bits per heavy atom. The maximum atomic E-state index is 12.4. The molecular weight excluding hydrogens is 386 g/mol. The van der Waals surface area contributed by atoms with Crippen LogP contribution < -0.4 is 10.6 Å². The molecule has 0 saturated carbocycles. The summed E-state index contributed by atoms with van der Waals surface area (Å²) >= 11 is 6.06. The smallest absolute Gasteiger partial charge is 0.326 e. The maximum Gasteiger partial charge on any atom is 0.326 e. The average Bonchev–Trinajstić information content (AvgIpc) is 2.62. The normalized spacial score (nSPS) is 11.7. The van der Waals surface area contributed by atoms with Crippen molar-refractivity contribution < 1.29 is 19.6 Å². The van der Waals surface area contributed by atoms with Crippen LogP contribution in [0.2, 0.25) is 5.02 Å². The summed E-state index contributed by atoms with van der Waals surface area (Å²) in [6, 6.07) is 9.54. The van der Waals surface area contributed by atoms with Crippen LogP contribution in [0.15, 0.2) is 42.5 Å². The second-order valence-corrected chi connectivity index (χ2v) is 6.99. The highest BCUT2D eigenvalue weighted by atomic mass is 35.5. The van der Waals surface area contributed by atoms with Crippen LogP contribution in [-0.2, 0) is 4.79 Å². The van der Waals surface area contributed by atoms with E-state index in [1.807, 2.05) is 13.8 Å². The molecule has 0 radical (unpaired) electrons. The number of hydrogen-bond acceptors (Lipinski definition) is 5. The number of nitro benzene ring substituents is 1. The average molecular weight is 406 g/mol. The number of rotatable bonds is 8. The number of benzene rings is 2. The molecule has 0 aliphatic carbocycles. The topological polar surface area (TPSA) is 122 Å². The Labute approximate surface area is 166 Å². The lowest BCUT2D eigenvalue weighted by molar-refractivity contribution is -0.383. The fourth-order valence-corrected chi connectivity index (χ4v) is 2.75. The van der Waals surface area contributed by atoms with Crippen LogP contribution in [0.5, 0.6) is 0 Å². The van der Waals surface area contributed by atoms with Crippen LogP contribution in [0.1, 0.15) is 30.6 Å². The summed E-state index contributed by atoms with van der Waals surface area (Å²) in [7, 11) is 0. The Morgan fingerprint density at radius 1 is 1.18 bits per heavy atom. The first-order valence-corrected chi connectivity index (χ1v) is 8.90. The lowest BCUT2D eigenvalue weighted by Gasteiger charge is -2.16. The molecule has 148 valence electrons. The molecule has 0 unspecified atom stereocenters. The van der Waals surface area contributed by atoms with Crippen LogP contribution in [0.3, 0.4) is 0 Å². The first-order valence-electron chi connectivity index (χ1n) is 8.52. The Kier molecular flexibility index (Phi) is 6.94. The predicted molar refractivity (Wildman–Crippen MR) is 106 cm³/mol. The molecule has 0 aliphatic heterocycles. The van der Waals surface area contributed by atoms with Crippen LogP contribution in [0.25, 0.3) is 0 Å². The van der Waals surface area contributed by atoms with Crippen LogP contribution >= 0.6 is 11.6 Å². The minimum atomic E-state index is -1.16. The molecule has 1 atom stereocenters. The van der Waals surface area contributed by atoms with Gasteiger partial charge in [-0.3, -0.25) is 14.9 Å². The number of carbonyl (C=O) groups excluding carboxylic acids is 1. The van der Waals surface area contributed by atoms with Gasteiger partial charge in [0.25, 0.3) is 11.6 Å². The summed E-state index contributed by atoms with van der Waals surface area (Å²) in [5.41, 5.74) is 0.300. The summed E-state index contributed by atoms with van der Waals surface area (Å²) in [5.74, 6) is -1.80. The summed E-state index contributed by atoms with van der Waals surface area (Å²) in [6.45, 7) is 3.67. The van der Waals surface area contributed by atoms with Gasteiger partial charge in [0, 0.05) is 11.6 Å². The monoisotopic (exact) mass is 405 g/mol. The number of amides is 1. The highest BCUT2D eigenvalue weighted by Gasteiger charge is 2.24. The number of nitrogens with one attached hydrogen (secondary N) is 2. The van der Waals surface area contributed by atoms with Crippen LogP contribution in [0.4, 0.5) is 17.1 Å². The molecule has 2 aromatic rings. The SMILES string of the molecule is CC(C)C[C@H](NC(=O)c1ccc(Nc2ccccc2Cl)c([N+](=O)[O-])c1)C(=O)O. The van der Waals surface area contributed by atoms with Crippen LogP contribution in [-0.4, -0.2) is 27.9 Å². The minimum absolute atomic E-state index is 0.00795. The van der Waals surface area contributed by atoms with E-state index in [4.69, 9.17) is 11.6 Å². The Morgan fingerprint density at radius 3 is 2.43 bits per heavy atom. The van der Waals surface area contributed by atoms with E-state index in [0.717, 1.165) is 6.07 Å². The zero-order chi connectivity index (χ0) is 20.8. The van der Waals surface area contributed by atoms with E-state index in [9.17, 15) is 24.8 Å². The minimum Gasteiger partial charge on any atom is -0.480 e. The molecule has 0 aliphatic rings. The van der Waals surface area contributed by atoms with E-state index in [1.54, 1.807) is 24.3 Å². The van der Waals surface area contributed by atoms with Gasteiger partial charge >= 0.3 is 5.97 Å². The van der Waals surface area contributed by atoms with Crippen molar-refractivity contribution in [1.29, 1.82) is 0 Å². The van der Waals surface area contributed by atoms with Crippen molar-refractivity contribution in [3.05, 3.63) is 63.2 Å². The number of carbonyl (C=O) groups is 2. The van der Waals surface area contributed by atoms with Gasteiger partial charge in [-0.25, -0.2) is 4.79 Å². The third-order valence-corrected chi connectivity index (χ3v) is 4.24. The lowest BCUT2D eigenvalue weighted by Crippen LogP contribution is -2.41. The third-order valence-electron chi connectivity index (χ3n) is 3.91. The highest BCUT2D eigenvalue weighted by Crippen LogP contribution is 2.31. The quantitative estimate of drug-likeness (QED) is 0.446. The number of aliphatic carboxylic acids is 1. The number of anilines is 2. The largest absolute Gasteiger partial charge is 0.480 e. The molecule has 0 spiro atoms. The number of nitrogens with zero attached hydrogens (tertiary/aromatic N) is 1. The van der Waals surface area contributed by atoms with E-state index in [0.29, 0.717) is 10.7 Å². The Bertz CT molecular complexity index is 901. The molecule has 8 nitrogen and oxygen atoms in total. The van der Waals surface area contributed by atoms with E-state index in [-0.39, 0.29) is 29.3 Å².